The van der Waals surface area contributed by atoms with Crippen molar-refractivity contribution in [3.05, 3.63) is 11.9 Å². The van der Waals surface area contributed by atoms with Crippen LogP contribution >= 0.6 is 11.8 Å². The average Bonchev–Trinajstić information content (AvgIpc) is 2.90. The Hall–Kier alpha value is -0.800. The molecule has 3 N–H and O–H groups in total. The number of aromatic nitrogens is 2. The molecule has 0 aromatic carbocycles. The summed E-state index contributed by atoms with van der Waals surface area (Å²) in [5, 5.41) is 4.43. The monoisotopic (exact) mass is 315 g/mol. The minimum absolute atomic E-state index is 0.0254. The number of ether oxygens (including phenoxy) is 2. The summed E-state index contributed by atoms with van der Waals surface area (Å²) in [7, 11) is 5.74. The second kappa shape index (κ2) is 8.00. The lowest BCUT2D eigenvalue weighted by Gasteiger charge is -2.30. The molecule has 0 saturated carbocycles. The van der Waals surface area contributed by atoms with Crippen molar-refractivity contribution >= 4 is 11.8 Å². The van der Waals surface area contributed by atoms with Gasteiger partial charge in [-0.25, -0.2) is 5.43 Å². The van der Waals surface area contributed by atoms with Crippen LogP contribution in [0, 0.1) is 0 Å². The second-order valence-corrected chi connectivity index (χ2v) is 6.40. The molecule has 1 saturated heterocycles. The van der Waals surface area contributed by atoms with E-state index < -0.39 is 0 Å². The molecule has 1 aromatic heterocycles. The largest absolute Gasteiger partial charge is 0.493 e. The van der Waals surface area contributed by atoms with Gasteiger partial charge >= 0.3 is 0 Å². The Morgan fingerprint density at radius 3 is 3.05 bits per heavy atom. The van der Waals surface area contributed by atoms with Gasteiger partial charge in [-0.3, -0.25) is 10.5 Å². The fourth-order valence-electron chi connectivity index (χ4n) is 2.38. The molecule has 0 bridgehead atoms. The van der Waals surface area contributed by atoms with E-state index in [1.165, 1.54) is 0 Å². The van der Waals surface area contributed by atoms with Gasteiger partial charge < -0.3 is 14.4 Å². The third-order valence-electron chi connectivity index (χ3n) is 3.51. The van der Waals surface area contributed by atoms with Crippen LogP contribution in [0.3, 0.4) is 0 Å². The van der Waals surface area contributed by atoms with Crippen molar-refractivity contribution in [2.75, 3.05) is 45.9 Å². The van der Waals surface area contributed by atoms with Crippen LogP contribution < -0.4 is 16.0 Å². The minimum atomic E-state index is -0.127. The summed E-state index contributed by atoms with van der Waals surface area (Å²) in [5.74, 6) is 8.49. The summed E-state index contributed by atoms with van der Waals surface area (Å²) < 4.78 is 13.3. The Bertz CT molecular complexity index is 434. The molecule has 0 radical (unpaired) electrons. The van der Waals surface area contributed by atoms with E-state index in [0.29, 0.717) is 0 Å². The van der Waals surface area contributed by atoms with E-state index >= 15 is 0 Å². The van der Waals surface area contributed by atoms with E-state index in [9.17, 15) is 0 Å². The van der Waals surface area contributed by atoms with Crippen LogP contribution in [0.5, 0.6) is 5.75 Å². The van der Waals surface area contributed by atoms with Crippen molar-refractivity contribution in [1.29, 1.82) is 0 Å². The molecular formula is C13H25N5O2S. The lowest BCUT2D eigenvalue weighted by atomic mass is 10.1. The van der Waals surface area contributed by atoms with Crippen LogP contribution in [-0.2, 0) is 11.3 Å². The number of hydrogen-bond acceptors (Lipinski definition) is 7. The van der Waals surface area contributed by atoms with Crippen molar-refractivity contribution in [3.8, 4) is 5.75 Å². The first kappa shape index (κ1) is 16.6. The number of nitrogens with two attached hydrogens (primary N) is 1. The molecule has 0 spiro atoms. The fourth-order valence-corrected chi connectivity index (χ4v) is 3.28. The second-order valence-electron chi connectivity index (χ2n) is 5.25. The molecule has 21 heavy (non-hydrogen) atoms. The van der Waals surface area contributed by atoms with E-state index in [-0.39, 0.29) is 12.1 Å². The van der Waals surface area contributed by atoms with E-state index in [0.717, 1.165) is 42.6 Å². The standard InChI is InChI=1S/C13H25N5O2S/c1-17(2)4-5-18-13(10(19-3)8-15-18)12(16-14)11-9-21-7-6-20-11/h8,11-12,16H,4-7,9,14H2,1-3H3. The number of thioether (sulfide) groups is 1. The zero-order valence-corrected chi connectivity index (χ0v) is 13.7. The lowest BCUT2D eigenvalue weighted by Crippen LogP contribution is -2.42. The number of likely N-dealkylation sites (N-methyl/N-ethyl adjacent to an activating group) is 1. The molecule has 1 aliphatic heterocycles. The van der Waals surface area contributed by atoms with Gasteiger partial charge in [-0.2, -0.15) is 16.9 Å². The number of hydrazine groups is 1. The zero-order chi connectivity index (χ0) is 15.2. The topological polar surface area (TPSA) is 77.6 Å². The van der Waals surface area contributed by atoms with Gasteiger partial charge in [0.1, 0.15) is 5.69 Å². The van der Waals surface area contributed by atoms with E-state index in [1.54, 1.807) is 13.3 Å². The predicted molar refractivity (Wildman–Crippen MR) is 84.5 cm³/mol. The van der Waals surface area contributed by atoms with Gasteiger partial charge in [-0.15, -0.1) is 0 Å². The number of nitrogens with one attached hydrogen (secondary N) is 1. The molecular weight excluding hydrogens is 290 g/mol. The summed E-state index contributed by atoms with van der Waals surface area (Å²) >= 11 is 1.88. The maximum absolute atomic E-state index is 5.86. The van der Waals surface area contributed by atoms with Gasteiger partial charge in [0.15, 0.2) is 5.75 Å². The van der Waals surface area contributed by atoms with Crippen molar-refractivity contribution in [2.24, 2.45) is 5.84 Å². The molecule has 7 nitrogen and oxygen atoms in total. The highest BCUT2D eigenvalue weighted by atomic mass is 32.2. The molecule has 2 rings (SSSR count). The molecule has 1 aromatic rings. The molecule has 0 aliphatic carbocycles. The summed E-state index contributed by atoms with van der Waals surface area (Å²) in [6, 6.07) is -0.127. The van der Waals surface area contributed by atoms with E-state index in [1.807, 2.05) is 30.5 Å². The highest BCUT2D eigenvalue weighted by molar-refractivity contribution is 7.99. The number of rotatable bonds is 7. The first-order valence-electron chi connectivity index (χ1n) is 7.07. The first-order chi connectivity index (χ1) is 10.2. The molecule has 2 unspecified atom stereocenters. The third-order valence-corrected chi connectivity index (χ3v) is 4.53. The highest BCUT2D eigenvalue weighted by Gasteiger charge is 2.31. The molecule has 0 amide bonds. The number of methoxy groups -OCH3 is 1. The van der Waals surface area contributed by atoms with Gasteiger partial charge in [0.2, 0.25) is 0 Å². The Balaban J connectivity index is 2.22. The molecule has 8 heteroatoms. The summed E-state index contributed by atoms with van der Waals surface area (Å²) in [6.07, 6.45) is 1.77. The molecule has 2 atom stereocenters. The van der Waals surface area contributed by atoms with Crippen molar-refractivity contribution in [1.82, 2.24) is 20.1 Å². The van der Waals surface area contributed by atoms with Gasteiger partial charge in [-0.05, 0) is 14.1 Å². The van der Waals surface area contributed by atoms with Gasteiger partial charge in [0.05, 0.1) is 38.6 Å². The predicted octanol–water partition coefficient (Wildman–Crippen LogP) is 0.0897. The lowest BCUT2D eigenvalue weighted by molar-refractivity contribution is 0.0436. The Morgan fingerprint density at radius 2 is 2.48 bits per heavy atom. The van der Waals surface area contributed by atoms with Crippen LogP contribution in [-0.4, -0.2) is 66.6 Å². The summed E-state index contributed by atoms with van der Waals surface area (Å²) in [4.78, 5) is 2.12. The fraction of sp³-hybridized carbons (Fsp3) is 0.769. The van der Waals surface area contributed by atoms with Gasteiger partial charge in [0, 0.05) is 18.1 Å². The quantitative estimate of drug-likeness (QED) is 0.545. The maximum Gasteiger partial charge on any atom is 0.161 e. The SMILES string of the molecule is COc1cnn(CCN(C)C)c1C(NN)C1CSCCO1. The van der Waals surface area contributed by atoms with Crippen molar-refractivity contribution in [2.45, 2.75) is 18.7 Å². The minimum Gasteiger partial charge on any atom is -0.493 e. The van der Waals surface area contributed by atoms with E-state index in [2.05, 4.69) is 15.4 Å². The molecule has 1 aliphatic rings. The van der Waals surface area contributed by atoms with Gasteiger partial charge in [0.25, 0.3) is 0 Å². The zero-order valence-electron chi connectivity index (χ0n) is 12.9. The van der Waals surface area contributed by atoms with E-state index in [4.69, 9.17) is 15.3 Å². The van der Waals surface area contributed by atoms with Crippen molar-refractivity contribution < 1.29 is 9.47 Å². The van der Waals surface area contributed by atoms with Crippen LogP contribution in [0.15, 0.2) is 6.20 Å². The van der Waals surface area contributed by atoms with Gasteiger partial charge in [-0.1, -0.05) is 0 Å². The Morgan fingerprint density at radius 1 is 1.67 bits per heavy atom. The molecule has 2 heterocycles. The maximum atomic E-state index is 5.86. The third kappa shape index (κ3) is 4.10. The Labute approximate surface area is 130 Å². The summed E-state index contributed by atoms with van der Waals surface area (Å²) in [6.45, 7) is 2.43. The summed E-state index contributed by atoms with van der Waals surface area (Å²) in [5.41, 5.74) is 3.84. The number of hydrogen-bond donors (Lipinski definition) is 2. The smallest absolute Gasteiger partial charge is 0.161 e. The van der Waals surface area contributed by atoms with Crippen LogP contribution in [0.2, 0.25) is 0 Å². The first-order valence-corrected chi connectivity index (χ1v) is 8.22. The normalized spacial score (nSPS) is 20.7. The number of nitrogens with zero attached hydrogens (tertiary/aromatic N) is 3. The highest BCUT2D eigenvalue weighted by Crippen LogP contribution is 2.31. The van der Waals surface area contributed by atoms with Crippen molar-refractivity contribution in [3.63, 3.8) is 0 Å². The molecule has 1 fully saturated rings. The van der Waals surface area contributed by atoms with Crippen LogP contribution in [0.1, 0.15) is 11.7 Å². The van der Waals surface area contributed by atoms with Crippen LogP contribution in [0.25, 0.3) is 0 Å². The Kier molecular flexibility index (Phi) is 6.31. The average molecular weight is 315 g/mol. The van der Waals surface area contributed by atoms with Crippen LogP contribution in [0.4, 0.5) is 0 Å². The molecule has 120 valence electrons.